The van der Waals surface area contributed by atoms with E-state index in [0.29, 0.717) is 30.1 Å². The van der Waals surface area contributed by atoms with Crippen LogP contribution in [0, 0.1) is 6.92 Å². The molecule has 5 nitrogen and oxygen atoms in total. The summed E-state index contributed by atoms with van der Waals surface area (Å²) >= 11 is 0. The summed E-state index contributed by atoms with van der Waals surface area (Å²) in [5.74, 6) is 0.298. The van der Waals surface area contributed by atoms with Crippen molar-refractivity contribution in [2.75, 3.05) is 6.61 Å². The van der Waals surface area contributed by atoms with Gasteiger partial charge in [-0.25, -0.2) is 4.79 Å². The number of benzene rings is 3. The maximum absolute atomic E-state index is 12.1. The first-order valence-electron chi connectivity index (χ1n) is 9.39. The van der Waals surface area contributed by atoms with E-state index in [1.165, 1.54) is 0 Å². The number of carboxylic acids is 1. The zero-order valence-electron chi connectivity index (χ0n) is 15.9. The lowest BCUT2D eigenvalue weighted by Crippen LogP contribution is -2.17. The summed E-state index contributed by atoms with van der Waals surface area (Å²) in [6, 6.07) is 19.9. The van der Waals surface area contributed by atoms with E-state index in [1.54, 1.807) is 36.4 Å². The molecule has 146 valence electrons. The molecular formula is C24H20O5. The lowest BCUT2D eigenvalue weighted by Gasteiger charge is -2.24. The highest BCUT2D eigenvalue weighted by Crippen LogP contribution is 2.38. The van der Waals surface area contributed by atoms with Gasteiger partial charge in [0.1, 0.15) is 17.6 Å². The predicted octanol–water partition coefficient (Wildman–Crippen LogP) is 4.83. The number of carbonyl (C=O) groups excluding carboxylic acids is 1. The van der Waals surface area contributed by atoms with E-state index in [-0.39, 0.29) is 11.3 Å². The van der Waals surface area contributed by atoms with Gasteiger partial charge in [0.15, 0.2) is 5.78 Å². The van der Waals surface area contributed by atoms with Gasteiger partial charge in [0.05, 0.1) is 17.7 Å². The first-order valence-corrected chi connectivity index (χ1v) is 9.39. The molecule has 1 N–H and O–H groups in total. The average molecular weight is 388 g/mol. The minimum atomic E-state index is -0.971. The Kier molecular flexibility index (Phi) is 5.04. The molecule has 1 atom stereocenters. The molecule has 0 unspecified atom stereocenters. The van der Waals surface area contributed by atoms with Crippen LogP contribution < -0.4 is 9.47 Å². The SMILES string of the molecule is Cc1c(O[C@H](c2ccccc2)c2ccc(C(=O)O)cc2)ccc2c1OCCC2=O. The van der Waals surface area contributed by atoms with E-state index in [4.69, 9.17) is 14.6 Å². The summed E-state index contributed by atoms with van der Waals surface area (Å²) in [5, 5.41) is 9.16. The Morgan fingerprint density at radius 1 is 1.00 bits per heavy atom. The largest absolute Gasteiger partial charge is 0.492 e. The zero-order valence-corrected chi connectivity index (χ0v) is 15.9. The molecule has 29 heavy (non-hydrogen) atoms. The number of fused-ring (bicyclic) bond motifs is 1. The fourth-order valence-corrected chi connectivity index (χ4v) is 3.47. The highest BCUT2D eigenvalue weighted by molar-refractivity contribution is 6.00. The quantitative estimate of drug-likeness (QED) is 0.678. The van der Waals surface area contributed by atoms with E-state index in [2.05, 4.69) is 0 Å². The van der Waals surface area contributed by atoms with Gasteiger partial charge in [0, 0.05) is 12.0 Å². The number of ketones is 1. The topological polar surface area (TPSA) is 72.8 Å². The van der Waals surface area contributed by atoms with Gasteiger partial charge < -0.3 is 14.6 Å². The molecule has 0 spiro atoms. The van der Waals surface area contributed by atoms with Crippen LogP contribution in [0.5, 0.6) is 11.5 Å². The number of rotatable bonds is 5. The van der Waals surface area contributed by atoms with Crippen molar-refractivity contribution in [2.45, 2.75) is 19.4 Å². The van der Waals surface area contributed by atoms with E-state index < -0.39 is 12.1 Å². The molecule has 3 aromatic carbocycles. The second-order valence-corrected chi connectivity index (χ2v) is 6.92. The van der Waals surface area contributed by atoms with Gasteiger partial charge in [-0.05, 0) is 42.3 Å². The molecule has 3 aromatic rings. The fourth-order valence-electron chi connectivity index (χ4n) is 3.47. The number of carboxylic acid groups (broad SMARTS) is 1. The molecule has 0 bridgehead atoms. The van der Waals surface area contributed by atoms with Gasteiger partial charge in [0.2, 0.25) is 0 Å². The molecule has 0 radical (unpaired) electrons. The van der Waals surface area contributed by atoms with Crippen LogP contribution in [0.1, 0.15) is 49.9 Å². The molecule has 1 aliphatic rings. The second-order valence-electron chi connectivity index (χ2n) is 6.92. The van der Waals surface area contributed by atoms with Crippen molar-refractivity contribution >= 4 is 11.8 Å². The molecule has 0 saturated carbocycles. The zero-order chi connectivity index (χ0) is 20.4. The van der Waals surface area contributed by atoms with Gasteiger partial charge in [-0.3, -0.25) is 4.79 Å². The minimum Gasteiger partial charge on any atom is -0.492 e. The van der Waals surface area contributed by atoms with Crippen molar-refractivity contribution < 1.29 is 24.2 Å². The Morgan fingerprint density at radius 2 is 1.69 bits per heavy atom. The van der Waals surface area contributed by atoms with Gasteiger partial charge in [-0.2, -0.15) is 0 Å². The van der Waals surface area contributed by atoms with Crippen LogP contribution in [0.4, 0.5) is 0 Å². The molecule has 0 fully saturated rings. The van der Waals surface area contributed by atoms with Crippen LogP contribution in [0.15, 0.2) is 66.7 Å². The van der Waals surface area contributed by atoms with Crippen molar-refractivity contribution in [3.8, 4) is 11.5 Å². The van der Waals surface area contributed by atoms with Crippen molar-refractivity contribution in [3.05, 3.63) is 94.5 Å². The Bertz CT molecular complexity index is 1050. The third-order valence-corrected chi connectivity index (χ3v) is 5.04. The number of hydrogen-bond acceptors (Lipinski definition) is 4. The van der Waals surface area contributed by atoms with E-state index >= 15 is 0 Å². The highest BCUT2D eigenvalue weighted by Gasteiger charge is 2.24. The van der Waals surface area contributed by atoms with Crippen LogP contribution in [0.25, 0.3) is 0 Å². The minimum absolute atomic E-state index is 0.0739. The number of hydrogen-bond donors (Lipinski definition) is 1. The summed E-state index contributed by atoms with van der Waals surface area (Å²) < 4.78 is 12.1. The van der Waals surface area contributed by atoms with Crippen molar-refractivity contribution in [2.24, 2.45) is 0 Å². The molecule has 1 heterocycles. The lowest BCUT2D eigenvalue weighted by molar-refractivity contribution is 0.0696. The summed E-state index contributed by atoms with van der Waals surface area (Å²) in [5.41, 5.74) is 3.35. The van der Waals surface area contributed by atoms with Gasteiger partial charge in [-0.1, -0.05) is 42.5 Å². The molecular weight excluding hydrogens is 368 g/mol. The van der Waals surface area contributed by atoms with Crippen molar-refractivity contribution in [3.63, 3.8) is 0 Å². The van der Waals surface area contributed by atoms with Crippen molar-refractivity contribution in [1.29, 1.82) is 0 Å². The Hall–Kier alpha value is -3.60. The highest BCUT2D eigenvalue weighted by atomic mass is 16.5. The molecule has 0 amide bonds. The maximum Gasteiger partial charge on any atom is 0.335 e. The number of Topliss-reactive ketones (excluding diaryl/α,β-unsaturated/α-hetero) is 1. The Labute approximate surface area is 168 Å². The van der Waals surface area contributed by atoms with Crippen LogP contribution >= 0.6 is 0 Å². The smallest absolute Gasteiger partial charge is 0.335 e. The third kappa shape index (κ3) is 3.72. The monoisotopic (exact) mass is 388 g/mol. The molecule has 0 aliphatic carbocycles. The van der Waals surface area contributed by atoms with E-state index in [0.717, 1.165) is 16.7 Å². The Balaban J connectivity index is 1.73. The molecule has 5 heteroatoms. The summed E-state index contributed by atoms with van der Waals surface area (Å²) in [6.45, 7) is 2.25. The predicted molar refractivity (Wildman–Crippen MR) is 108 cm³/mol. The Morgan fingerprint density at radius 3 is 2.38 bits per heavy atom. The maximum atomic E-state index is 12.1. The van der Waals surface area contributed by atoms with Gasteiger partial charge in [-0.15, -0.1) is 0 Å². The lowest BCUT2D eigenvalue weighted by atomic mass is 9.99. The summed E-state index contributed by atoms with van der Waals surface area (Å²) in [6.07, 6.45) is -0.0510. The second kappa shape index (κ2) is 7.80. The van der Waals surface area contributed by atoms with Gasteiger partial charge >= 0.3 is 5.97 Å². The van der Waals surface area contributed by atoms with E-state index in [1.807, 2.05) is 37.3 Å². The number of aromatic carboxylic acids is 1. The van der Waals surface area contributed by atoms with Gasteiger partial charge in [0.25, 0.3) is 0 Å². The molecule has 0 saturated heterocycles. The first-order chi connectivity index (χ1) is 14.0. The summed E-state index contributed by atoms with van der Waals surface area (Å²) in [4.78, 5) is 23.3. The molecule has 1 aliphatic heterocycles. The average Bonchev–Trinajstić information content (AvgIpc) is 2.74. The first kappa shape index (κ1) is 18.7. The van der Waals surface area contributed by atoms with Crippen LogP contribution in [0.2, 0.25) is 0 Å². The third-order valence-electron chi connectivity index (χ3n) is 5.04. The number of ether oxygens (including phenoxy) is 2. The van der Waals surface area contributed by atoms with E-state index in [9.17, 15) is 9.59 Å². The fraction of sp³-hybridized carbons (Fsp3) is 0.167. The van der Waals surface area contributed by atoms with Crippen molar-refractivity contribution in [1.82, 2.24) is 0 Å². The van der Waals surface area contributed by atoms with Crippen LogP contribution in [-0.4, -0.2) is 23.5 Å². The standard InChI is InChI=1S/C24H20O5/c1-15-21(12-11-19-20(25)13-14-28-22(15)19)29-23(16-5-3-2-4-6-16)17-7-9-18(10-8-17)24(26)27/h2-12,23H,13-14H2,1H3,(H,26,27)/t23-/m1/s1. The van der Waals surface area contributed by atoms with Crippen LogP contribution in [-0.2, 0) is 0 Å². The number of carbonyl (C=O) groups is 2. The van der Waals surface area contributed by atoms with Crippen LogP contribution in [0.3, 0.4) is 0 Å². The normalized spacial score (nSPS) is 13.9. The summed E-state index contributed by atoms with van der Waals surface area (Å²) in [7, 11) is 0. The molecule has 4 rings (SSSR count). The molecule has 0 aromatic heterocycles.